The predicted molar refractivity (Wildman–Crippen MR) is 84.0 cm³/mol. The van der Waals surface area contributed by atoms with E-state index in [1.54, 1.807) is 41.5 Å². The first kappa shape index (κ1) is 19.7. The molecule has 7 nitrogen and oxygen atoms in total. The number of hydrogen-bond donors (Lipinski definition) is 1. The number of rotatable bonds is 4. The molecule has 0 spiro atoms. The standard InChI is InChI=1S/C16H29NO6/c1-15(2,3)22-13(19)10-21-12-7-11(9-18)17(8-12)14(20)23-16(4,5)6/h11-12,18H,7-10H2,1-6H3/t11-,12-/m1/s1. The minimum atomic E-state index is -0.605. The Hall–Kier alpha value is -1.34. The van der Waals surface area contributed by atoms with Crippen LogP contribution in [-0.4, -0.2) is 65.2 Å². The molecule has 1 aliphatic rings. The minimum Gasteiger partial charge on any atom is -0.458 e. The highest BCUT2D eigenvalue weighted by atomic mass is 16.6. The Morgan fingerprint density at radius 2 is 1.65 bits per heavy atom. The third kappa shape index (κ3) is 7.18. The van der Waals surface area contributed by atoms with E-state index in [0.29, 0.717) is 6.42 Å². The molecule has 0 bridgehead atoms. The first-order chi connectivity index (χ1) is 10.4. The average Bonchev–Trinajstić information content (AvgIpc) is 2.75. The summed E-state index contributed by atoms with van der Waals surface area (Å²) in [4.78, 5) is 25.3. The summed E-state index contributed by atoms with van der Waals surface area (Å²) in [5.41, 5.74) is -1.17. The van der Waals surface area contributed by atoms with Gasteiger partial charge in [-0.15, -0.1) is 0 Å². The first-order valence-corrected chi connectivity index (χ1v) is 7.85. The molecule has 0 unspecified atom stereocenters. The molecule has 0 aromatic rings. The van der Waals surface area contributed by atoms with Crippen molar-refractivity contribution in [2.24, 2.45) is 0 Å². The van der Waals surface area contributed by atoms with Gasteiger partial charge in [0, 0.05) is 0 Å². The monoisotopic (exact) mass is 331 g/mol. The molecule has 23 heavy (non-hydrogen) atoms. The molecule has 7 heteroatoms. The maximum Gasteiger partial charge on any atom is 0.410 e. The van der Waals surface area contributed by atoms with Crippen LogP contribution in [0, 0.1) is 0 Å². The second kappa shape index (κ2) is 7.49. The molecule has 1 heterocycles. The number of aliphatic hydroxyl groups excluding tert-OH is 1. The molecule has 1 aliphatic heterocycles. The molecule has 2 atom stereocenters. The highest BCUT2D eigenvalue weighted by Crippen LogP contribution is 2.23. The maximum absolute atomic E-state index is 12.1. The molecule has 0 aromatic heterocycles. The summed E-state index contributed by atoms with van der Waals surface area (Å²) < 4.78 is 16.0. The smallest absolute Gasteiger partial charge is 0.410 e. The fraction of sp³-hybridized carbons (Fsp3) is 0.875. The number of carbonyl (C=O) groups is 2. The molecule has 1 fully saturated rings. The number of ether oxygens (including phenoxy) is 3. The van der Waals surface area contributed by atoms with Gasteiger partial charge in [0.25, 0.3) is 0 Å². The van der Waals surface area contributed by atoms with E-state index in [1.807, 2.05) is 0 Å². The largest absolute Gasteiger partial charge is 0.458 e. The summed E-state index contributed by atoms with van der Waals surface area (Å²) in [7, 11) is 0. The zero-order valence-corrected chi connectivity index (χ0v) is 14.9. The van der Waals surface area contributed by atoms with Crippen LogP contribution in [0.25, 0.3) is 0 Å². The predicted octanol–water partition coefficient (Wildman–Crippen LogP) is 1.71. The van der Waals surface area contributed by atoms with Crippen LogP contribution in [0.3, 0.4) is 0 Å². The van der Waals surface area contributed by atoms with E-state index in [0.717, 1.165) is 0 Å². The SMILES string of the molecule is CC(C)(C)OC(=O)CO[C@@H]1C[C@H](CO)N(C(=O)OC(C)(C)C)C1. The van der Waals surface area contributed by atoms with Crippen molar-refractivity contribution in [3.63, 3.8) is 0 Å². The highest BCUT2D eigenvalue weighted by molar-refractivity contribution is 5.71. The molecule has 0 aromatic carbocycles. The molecule has 1 rings (SSSR count). The van der Waals surface area contributed by atoms with Gasteiger partial charge in [-0.3, -0.25) is 0 Å². The van der Waals surface area contributed by atoms with E-state index in [9.17, 15) is 14.7 Å². The van der Waals surface area contributed by atoms with Gasteiger partial charge in [0.1, 0.15) is 17.8 Å². The Balaban J connectivity index is 2.52. The number of likely N-dealkylation sites (tertiary alicyclic amines) is 1. The number of nitrogens with zero attached hydrogens (tertiary/aromatic N) is 1. The third-order valence-electron chi connectivity index (χ3n) is 3.07. The number of hydrogen-bond acceptors (Lipinski definition) is 6. The normalized spacial score (nSPS) is 22.1. The van der Waals surface area contributed by atoms with Crippen molar-refractivity contribution < 1.29 is 28.9 Å². The van der Waals surface area contributed by atoms with Crippen LogP contribution >= 0.6 is 0 Å². The van der Waals surface area contributed by atoms with Crippen molar-refractivity contribution in [1.82, 2.24) is 4.90 Å². The van der Waals surface area contributed by atoms with Crippen LogP contribution in [0.4, 0.5) is 4.79 Å². The Bertz CT molecular complexity index is 423. The molecular weight excluding hydrogens is 302 g/mol. The number of carbonyl (C=O) groups excluding carboxylic acids is 2. The molecule has 1 saturated heterocycles. The van der Waals surface area contributed by atoms with E-state index in [2.05, 4.69) is 0 Å². The zero-order valence-electron chi connectivity index (χ0n) is 14.9. The Kier molecular flexibility index (Phi) is 6.41. The summed E-state index contributed by atoms with van der Waals surface area (Å²) >= 11 is 0. The quantitative estimate of drug-likeness (QED) is 0.790. The second-order valence-electron chi connectivity index (χ2n) is 7.72. The van der Waals surface area contributed by atoms with Crippen LogP contribution in [0.2, 0.25) is 0 Å². The van der Waals surface area contributed by atoms with Gasteiger partial charge < -0.3 is 24.2 Å². The Morgan fingerprint density at radius 1 is 1.09 bits per heavy atom. The first-order valence-electron chi connectivity index (χ1n) is 7.85. The van der Waals surface area contributed by atoms with Crippen molar-refractivity contribution in [3.8, 4) is 0 Å². The van der Waals surface area contributed by atoms with Gasteiger partial charge in [-0.1, -0.05) is 0 Å². The van der Waals surface area contributed by atoms with Crippen molar-refractivity contribution in [1.29, 1.82) is 0 Å². The van der Waals surface area contributed by atoms with Crippen molar-refractivity contribution in [2.45, 2.75) is 71.3 Å². The lowest BCUT2D eigenvalue weighted by molar-refractivity contribution is -0.162. The Morgan fingerprint density at radius 3 is 2.13 bits per heavy atom. The minimum absolute atomic E-state index is 0.175. The number of esters is 1. The molecular formula is C16H29NO6. The van der Waals surface area contributed by atoms with Crippen LogP contribution in [0.15, 0.2) is 0 Å². The van der Waals surface area contributed by atoms with E-state index in [1.165, 1.54) is 4.90 Å². The van der Waals surface area contributed by atoms with Gasteiger partial charge >= 0.3 is 12.1 Å². The summed E-state index contributed by atoms with van der Waals surface area (Å²) in [6, 6.07) is -0.367. The highest BCUT2D eigenvalue weighted by Gasteiger charge is 2.38. The lowest BCUT2D eigenvalue weighted by Gasteiger charge is -2.27. The van der Waals surface area contributed by atoms with Crippen LogP contribution < -0.4 is 0 Å². The summed E-state index contributed by atoms with van der Waals surface area (Å²) in [6.07, 6.45) is -0.356. The van der Waals surface area contributed by atoms with Gasteiger partial charge in [-0.25, -0.2) is 9.59 Å². The number of aliphatic hydroxyl groups is 1. The summed E-state index contributed by atoms with van der Waals surface area (Å²) in [5.74, 6) is -0.450. The lowest BCUT2D eigenvalue weighted by atomic mass is 10.2. The lowest BCUT2D eigenvalue weighted by Crippen LogP contribution is -2.41. The Labute approximate surface area is 137 Å². The van der Waals surface area contributed by atoms with Gasteiger partial charge in [0.15, 0.2) is 0 Å². The van der Waals surface area contributed by atoms with Crippen LogP contribution in [0.5, 0.6) is 0 Å². The fourth-order valence-corrected chi connectivity index (χ4v) is 2.27. The average molecular weight is 331 g/mol. The topological polar surface area (TPSA) is 85.3 Å². The molecule has 1 amide bonds. The van der Waals surface area contributed by atoms with Gasteiger partial charge in [-0.05, 0) is 48.0 Å². The maximum atomic E-state index is 12.1. The van der Waals surface area contributed by atoms with E-state index in [4.69, 9.17) is 14.2 Å². The second-order valence-corrected chi connectivity index (χ2v) is 7.72. The van der Waals surface area contributed by atoms with E-state index < -0.39 is 23.3 Å². The van der Waals surface area contributed by atoms with Gasteiger partial charge in [0.05, 0.1) is 25.3 Å². The fourth-order valence-electron chi connectivity index (χ4n) is 2.27. The number of amides is 1. The van der Waals surface area contributed by atoms with Gasteiger partial charge in [0.2, 0.25) is 0 Å². The summed E-state index contributed by atoms with van der Waals surface area (Å²) in [6.45, 7) is 10.6. The van der Waals surface area contributed by atoms with Crippen LogP contribution in [-0.2, 0) is 19.0 Å². The van der Waals surface area contributed by atoms with Gasteiger partial charge in [-0.2, -0.15) is 0 Å². The van der Waals surface area contributed by atoms with Crippen molar-refractivity contribution >= 4 is 12.1 Å². The molecule has 1 N–H and O–H groups in total. The third-order valence-corrected chi connectivity index (χ3v) is 3.07. The molecule has 0 saturated carbocycles. The van der Waals surface area contributed by atoms with Crippen molar-refractivity contribution in [3.05, 3.63) is 0 Å². The van der Waals surface area contributed by atoms with E-state index >= 15 is 0 Å². The molecule has 0 radical (unpaired) electrons. The molecule has 134 valence electrons. The van der Waals surface area contributed by atoms with Crippen molar-refractivity contribution in [2.75, 3.05) is 19.8 Å². The van der Waals surface area contributed by atoms with Crippen LogP contribution in [0.1, 0.15) is 48.0 Å². The zero-order chi connectivity index (χ0) is 17.8. The summed E-state index contributed by atoms with van der Waals surface area (Å²) in [5, 5.41) is 9.44. The molecule has 0 aliphatic carbocycles. The van der Waals surface area contributed by atoms with E-state index in [-0.39, 0.29) is 31.9 Å².